The molecule has 5 heteroatoms. The minimum absolute atomic E-state index is 0.708. The van der Waals surface area contributed by atoms with Gasteiger partial charge in [0.1, 0.15) is 0 Å². The summed E-state index contributed by atoms with van der Waals surface area (Å²) in [5.41, 5.74) is 2.02. The molecule has 17 heavy (non-hydrogen) atoms. The van der Waals surface area contributed by atoms with Gasteiger partial charge in [-0.3, -0.25) is 0 Å². The van der Waals surface area contributed by atoms with E-state index in [1.165, 1.54) is 0 Å². The van der Waals surface area contributed by atoms with Crippen LogP contribution >= 0.6 is 12.2 Å². The molecule has 1 aromatic heterocycles. The second-order valence-corrected chi connectivity index (χ2v) is 4.19. The summed E-state index contributed by atoms with van der Waals surface area (Å²) in [5.74, 6) is 1.43. The first-order valence-electron chi connectivity index (χ1n) is 5.55. The maximum absolute atomic E-state index is 5.30. The van der Waals surface area contributed by atoms with Crippen molar-refractivity contribution in [3.63, 3.8) is 0 Å². The number of nitrogens with zero attached hydrogens (tertiary/aromatic N) is 1. The van der Waals surface area contributed by atoms with E-state index in [1.807, 2.05) is 12.1 Å². The fourth-order valence-electron chi connectivity index (χ4n) is 1.93. The summed E-state index contributed by atoms with van der Waals surface area (Å²) in [6, 6.07) is 3.87. The minimum atomic E-state index is 0.708. The van der Waals surface area contributed by atoms with E-state index in [0.29, 0.717) is 5.75 Å². The molecular weight excluding hydrogens is 236 g/mol. The van der Waals surface area contributed by atoms with Crippen molar-refractivity contribution in [1.29, 1.82) is 0 Å². The average Bonchev–Trinajstić information content (AvgIpc) is 2.64. The SMILES string of the molecule is CCCn1c(=S)[nH]c2cc(OC)c(OC)cc21. The highest BCUT2D eigenvalue weighted by Gasteiger charge is 2.10. The first-order valence-corrected chi connectivity index (χ1v) is 5.96. The van der Waals surface area contributed by atoms with Gasteiger partial charge >= 0.3 is 0 Å². The van der Waals surface area contributed by atoms with Gasteiger partial charge in [0, 0.05) is 18.7 Å². The van der Waals surface area contributed by atoms with Crippen LogP contribution in [0.5, 0.6) is 11.5 Å². The van der Waals surface area contributed by atoms with Crippen molar-refractivity contribution < 1.29 is 9.47 Å². The Bertz CT molecular complexity index is 586. The number of ether oxygens (including phenoxy) is 2. The van der Waals surface area contributed by atoms with Crippen LogP contribution in [0.4, 0.5) is 0 Å². The number of benzene rings is 1. The lowest BCUT2D eigenvalue weighted by molar-refractivity contribution is 0.355. The molecule has 0 saturated heterocycles. The van der Waals surface area contributed by atoms with Gasteiger partial charge in [-0.1, -0.05) is 6.92 Å². The van der Waals surface area contributed by atoms with E-state index in [1.54, 1.807) is 14.2 Å². The first kappa shape index (κ1) is 12.0. The van der Waals surface area contributed by atoms with Crippen molar-refractivity contribution in [1.82, 2.24) is 9.55 Å². The Morgan fingerprint density at radius 1 is 1.24 bits per heavy atom. The quantitative estimate of drug-likeness (QED) is 0.850. The summed E-state index contributed by atoms with van der Waals surface area (Å²) in [4.78, 5) is 3.18. The Balaban J connectivity index is 2.70. The lowest BCUT2D eigenvalue weighted by Crippen LogP contribution is -1.97. The molecule has 2 aromatic rings. The van der Waals surface area contributed by atoms with Crippen LogP contribution in [0.3, 0.4) is 0 Å². The molecule has 92 valence electrons. The molecule has 2 rings (SSSR count). The van der Waals surface area contributed by atoms with Crippen LogP contribution in [0.2, 0.25) is 0 Å². The molecule has 1 heterocycles. The van der Waals surface area contributed by atoms with Crippen LogP contribution < -0.4 is 9.47 Å². The van der Waals surface area contributed by atoms with Gasteiger partial charge < -0.3 is 19.0 Å². The van der Waals surface area contributed by atoms with Crippen LogP contribution in [-0.4, -0.2) is 23.8 Å². The van der Waals surface area contributed by atoms with Gasteiger partial charge in [-0.05, 0) is 18.6 Å². The molecule has 0 aliphatic rings. The zero-order valence-electron chi connectivity index (χ0n) is 10.2. The van der Waals surface area contributed by atoms with Gasteiger partial charge in [0.25, 0.3) is 0 Å². The number of imidazole rings is 1. The molecule has 4 nitrogen and oxygen atoms in total. The van der Waals surface area contributed by atoms with Crippen molar-refractivity contribution in [2.45, 2.75) is 19.9 Å². The summed E-state index contributed by atoms with van der Waals surface area (Å²) in [6.07, 6.45) is 1.04. The van der Waals surface area contributed by atoms with E-state index in [2.05, 4.69) is 16.5 Å². The van der Waals surface area contributed by atoms with Gasteiger partial charge in [0.15, 0.2) is 16.3 Å². The number of methoxy groups -OCH3 is 2. The van der Waals surface area contributed by atoms with E-state index < -0.39 is 0 Å². The molecule has 1 N–H and O–H groups in total. The number of rotatable bonds is 4. The van der Waals surface area contributed by atoms with Crippen LogP contribution in [0.25, 0.3) is 11.0 Å². The maximum Gasteiger partial charge on any atom is 0.178 e. The first-order chi connectivity index (χ1) is 8.21. The second-order valence-electron chi connectivity index (χ2n) is 3.81. The van der Waals surface area contributed by atoms with Gasteiger partial charge in [0.05, 0.1) is 25.3 Å². The molecular formula is C12H16N2O2S. The molecule has 0 atom stereocenters. The van der Waals surface area contributed by atoms with Gasteiger partial charge in [-0.25, -0.2) is 0 Å². The summed E-state index contributed by atoms with van der Waals surface area (Å²) in [6.45, 7) is 3.02. The zero-order chi connectivity index (χ0) is 12.4. The largest absolute Gasteiger partial charge is 0.493 e. The smallest absolute Gasteiger partial charge is 0.178 e. The van der Waals surface area contributed by atoms with Crippen molar-refractivity contribution in [3.8, 4) is 11.5 Å². The Morgan fingerprint density at radius 2 is 1.88 bits per heavy atom. The third kappa shape index (κ3) is 2.02. The topological polar surface area (TPSA) is 39.2 Å². The van der Waals surface area contributed by atoms with Crippen LogP contribution in [0.1, 0.15) is 13.3 Å². The van der Waals surface area contributed by atoms with Gasteiger partial charge in [-0.2, -0.15) is 0 Å². The molecule has 0 unspecified atom stereocenters. The molecule has 0 amide bonds. The third-order valence-electron chi connectivity index (χ3n) is 2.73. The predicted molar refractivity (Wildman–Crippen MR) is 70.5 cm³/mol. The Morgan fingerprint density at radius 3 is 2.47 bits per heavy atom. The van der Waals surface area contributed by atoms with Gasteiger partial charge in [-0.15, -0.1) is 0 Å². The normalized spacial score (nSPS) is 10.8. The maximum atomic E-state index is 5.30. The summed E-state index contributed by atoms with van der Waals surface area (Å²) in [7, 11) is 3.26. The number of fused-ring (bicyclic) bond motifs is 1. The van der Waals surface area contributed by atoms with Crippen molar-refractivity contribution >= 4 is 23.3 Å². The van der Waals surface area contributed by atoms with Crippen LogP contribution in [-0.2, 0) is 6.54 Å². The lowest BCUT2D eigenvalue weighted by Gasteiger charge is -2.08. The molecule has 0 fully saturated rings. The van der Waals surface area contributed by atoms with E-state index in [-0.39, 0.29) is 0 Å². The van der Waals surface area contributed by atoms with E-state index in [0.717, 1.165) is 34.5 Å². The number of aromatic nitrogens is 2. The van der Waals surface area contributed by atoms with Crippen molar-refractivity contribution in [2.24, 2.45) is 0 Å². The molecule has 0 spiro atoms. The number of aromatic amines is 1. The van der Waals surface area contributed by atoms with E-state index >= 15 is 0 Å². The lowest BCUT2D eigenvalue weighted by atomic mass is 10.2. The van der Waals surface area contributed by atoms with Gasteiger partial charge in [0.2, 0.25) is 0 Å². The summed E-state index contributed by atoms with van der Waals surface area (Å²) >= 11 is 5.30. The predicted octanol–water partition coefficient (Wildman–Crippen LogP) is 3.13. The Hall–Kier alpha value is -1.49. The van der Waals surface area contributed by atoms with E-state index in [9.17, 15) is 0 Å². The number of hydrogen-bond acceptors (Lipinski definition) is 3. The molecule has 0 radical (unpaired) electrons. The standard InChI is InChI=1S/C12H16N2O2S/c1-4-5-14-9-7-11(16-3)10(15-2)6-8(9)13-12(14)17/h6-7H,4-5H2,1-3H3,(H,13,17). The Labute approximate surface area is 105 Å². The highest BCUT2D eigenvalue weighted by Crippen LogP contribution is 2.31. The number of nitrogens with one attached hydrogen (secondary N) is 1. The highest BCUT2D eigenvalue weighted by molar-refractivity contribution is 7.71. The zero-order valence-corrected chi connectivity index (χ0v) is 11.1. The number of hydrogen-bond donors (Lipinski definition) is 1. The molecule has 0 aliphatic heterocycles. The monoisotopic (exact) mass is 252 g/mol. The molecule has 0 aliphatic carbocycles. The van der Waals surface area contributed by atoms with Crippen molar-refractivity contribution in [2.75, 3.05) is 14.2 Å². The Kier molecular flexibility index (Phi) is 3.38. The summed E-state index contributed by atoms with van der Waals surface area (Å²) < 4.78 is 13.4. The minimum Gasteiger partial charge on any atom is -0.493 e. The van der Waals surface area contributed by atoms with E-state index in [4.69, 9.17) is 21.7 Å². The van der Waals surface area contributed by atoms with Crippen molar-refractivity contribution in [3.05, 3.63) is 16.9 Å². The summed E-state index contributed by atoms with van der Waals surface area (Å²) in [5, 5.41) is 0. The number of aryl methyl sites for hydroxylation is 1. The fourth-order valence-corrected chi connectivity index (χ4v) is 2.23. The third-order valence-corrected chi connectivity index (χ3v) is 3.05. The van der Waals surface area contributed by atoms with Crippen LogP contribution in [0, 0.1) is 4.77 Å². The van der Waals surface area contributed by atoms with Crippen LogP contribution in [0.15, 0.2) is 12.1 Å². The fraction of sp³-hybridized carbons (Fsp3) is 0.417. The molecule has 0 bridgehead atoms. The number of H-pyrrole nitrogens is 1. The average molecular weight is 252 g/mol. The molecule has 0 saturated carbocycles. The molecule has 1 aromatic carbocycles. The second kappa shape index (κ2) is 4.79. The highest BCUT2D eigenvalue weighted by atomic mass is 32.1.